The molecule has 3 rings (SSSR count). The van der Waals surface area contributed by atoms with Gasteiger partial charge in [0.2, 0.25) is 5.89 Å². The number of carbonyl (C=O) groups is 1. The van der Waals surface area contributed by atoms with Crippen LogP contribution in [0.3, 0.4) is 0 Å². The number of hydrogen-bond donors (Lipinski definition) is 1. The first-order chi connectivity index (χ1) is 15.7. The van der Waals surface area contributed by atoms with Crippen LogP contribution in [0.5, 0.6) is 0 Å². The Kier molecular flexibility index (Phi) is 7.92. The van der Waals surface area contributed by atoms with E-state index < -0.39 is 11.7 Å². The zero-order valence-electron chi connectivity index (χ0n) is 18.9. The number of nitrogens with zero attached hydrogens (tertiary/aromatic N) is 2. The third-order valence-electron chi connectivity index (χ3n) is 5.64. The van der Waals surface area contributed by atoms with Crippen molar-refractivity contribution in [2.45, 2.75) is 58.5 Å². The average molecular weight is 460 g/mol. The summed E-state index contributed by atoms with van der Waals surface area (Å²) < 4.78 is 46.3. The number of hydrogen-bond acceptors (Lipinski definition) is 4. The number of nitrogens with one attached hydrogen (secondary N) is 1. The van der Waals surface area contributed by atoms with Crippen molar-refractivity contribution in [3.05, 3.63) is 89.1 Å². The van der Waals surface area contributed by atoms with Crippen molar-refractivity contribution in [1.29, 1.82) is 0 Å². The molecule has 8 heteroatoms. The fourth-order valence-corrected chi connectivity index (χ4v) is 3.49. The van der Waals surface area contributed by atoms with Crippen LogP contribution in [0, 0.1) is 0 Å². The van der Waals surface area contributed by atoms with E-state index in [1.807, 2.05) is 56.0 Å². The van der Waals surface area contributed by atoms with E-state index in [1.165, 1.54) is 18.4 Å². The molecule has 2 atom stereocenters. The minimum atomic E-state index is -4.46. The van der Waals surface area contributed by atoms with Crippen LogP contribution in [0.25, 0.3) is 0 Å². The van der Waals surface area contributed by atoms with Gasteiger partial charge in [-0.1, -0.05) is 55.5 Å². The third kappa shape index (κ3) is 6.44. The maximum Gasteiger partial charge on any atom is 0.416 e. The van der Waals surface area contributed by atoms with Crippen LogP contribution in [0.2, 0.25) is 0 Å². The summed E-state index contributed by atoms with van der Waals surface area (Å²) in [6, 6.07) is 14.8. The summed E-state index contributed by atoms with van der Waals surface area (Å²) in [7, 11) is 0. The molecular weight excluding hydrogens is 431 g/mol. The average Bonchev–Trinajstić information content (AvgIpc) is 3.27. The standard InChI is InChI=1S/C25H28F3N3O2/c1-4-17(2)29-24(32)22-16-33-23(30-22)15-31(18(3)19-10-6-5-7-11-19)14-20-12-8-9-13-21(20)25(26,27)28/h5-13,16-18H,4,14-15H2,1-3H3,(H,29,32)/t17-,18-/m0/s1. The van der Waals surface area contributed by atoms with Crippen molar-refractivity contribution >= 4 is 5.91 Å². The Hall–Kier alpha value is -3.13. The summed E-state index contributed by atoms with van der Waals surface area (Å²) in [6.45, 7) is 5.94. The Balaban J connectivity index is 1.87. The first-order valence-electron chi connectivity index (χ1n) is 10.9. The summed E-state index contributed by atoms with van der Waals surface area (Å²) in [5, 5.41) is 2.82. The number of amides is 1. The largest absolute Gasteiger partial charge is 0.447 e. The molecule has 0 saturated carbocycles. The van der Waals surface area contributed by atoms with Gasteiger partial charge in [-0.3, -0.25) is 9.69 Å². The van der Waals surface area contributed by atoms with Crippen LogP contribution in [-0.2, 0) is 19.3 Å². The highest BCUT2D eigenvalue weighted by Crippen LogP contribution is 2.34. The van der Waals surface area contributed by atoms with Gasteiger partial charge in [-0.25, -0.2) is 4.98 Å². The van der Waals surface area contributed by atoms with Crippen LogP contribution in [0.1, 0.15) is 66.3 Å². The third-order valence-corrected chi connectivity index (χ3v) is 5.64. The van der Waals surface area contributed by atoms with Crippen molar-refractivity contribution in [1.82, 2.24) is 15.2 Å². The Morgan fingerprint density at radius 3 is 2.39 bits per heavy atom. The lowest BCUT2D eigenvalue weighted by Gasteiger charge is -2.29. The van der Waals surface area contributed by atoms with Crippen LogP contribution in [0.4, 0.5) is 13.2 Å². The molecule has 0 aliphatic rings. The topological polar surface area (TPSA) is 58.4 Å². The maximum atomic E-state index is 13.6. The van der Waals surface area contributed by atoms with Gasteiger partial charge in [0.1, 0.15) is 6.26 Å². The minimum absolute atomic E-state index is 0.00822. The zero-order chi connectivity index (χ0) is 24.0. The van der Waals surface area contributed by atoms with Gasteiger partial charge in [-0.05, 0) is 37.5 Å². The van der Waals surface area contributed by atoms with E-state index >= 15 is 0 Å². The van der Waals surface area contributed by atoms with Gasteiger partial charge in [-0.2, -0.15) is 13.2 Å². The fraction of sp³-hybridized carbons (Fsp3) is 0.360. The molecule has 3 aromatic rings. The molecule has 0 spiro atoms. The number of aromatic nitrogens is 1. The monoisotopic (exact) mass is 459 g/mol. The second kappa shape index (κ2) is 10.7. The molecule has 1 aromatic heterocycles. The van der Waals surface area contributed by atoms with Crippen LogP contribution in [-0.4, -0.2) is 21.8 Å². The highest BCUT2D eigenvalue weighted by molar-refractivity contribution is 5.92. The van der Waals surface area contributed by atoms with Gasteiger partial charge in [0.05, 0.1) is 12.1 Å². The van der Waals surface area contributed by atoms with Gasteiger partial charge < -0.3 is 9.73 Å². The molecule has 5 nitrogen and oxygen atoms in total. The minimum Gasteiger partial charge on any atom is -0.447 e. The lowest BCUT2D eigenvalue weighted by atomic mass is 10.0. The van der Waals surface area contributed by atoms with Crippen molar-refractivity contribution in [2.24, 2.45) is 0 Å². The lowest BCUT2D eigenvalue weighted by Crippen LogP contribution is -2.32. The molecule has 1 heterocycles. The van der Waals surface area contributed by atoms with Gasteiger partial charge in [0.25, 0.3) is 5.91 Å². The fourth-order valence-electron chi connectivity index (χ4n) is 3.49. The number of rotatable bonds is 9. The Bertz CT molecular complexity index is 1050. The molecule has 1 N–H and O–H groups in total. The van der Waals surface area contributed by atoms with E-state index in [4.69, 9.17) is 4.42 Å². The number of alkyl halides is 3. The van der Waals surface area contributed by atoms with Crippen molar-refractivity contribution in [3.8, 4) is 0 Å². The molecular formula is C25H28F3N3O2. The zero-order valence-corrected chi connectivity index (χ0v) is 18.9. The SMILES string of the molecule is CC[C@H](C)NC(=O)c1coc(CN(Cc2ccccc2C(F)(F)F)[C@@H](C)c2ccccc2)n1. The van der Waals surface area contributed by atoms with Gasteiger partial charge in [-0.15, -0.1) is 0 Å². The van der Waals surface area contributed by atoms with Crippen molar-refractivity contribution < 1.29 is 22.4 Å². The molecule has 1 amide bonds. The Morgan fingerprint density at radius 2 is 1.73 bits per heavy atom. The summed E-state index contributed by atoms with van der Waals surface area (Å²) in [6.07, 6.45) is -2.40. The smallest absolute Gasteiger partial charge is 0.416 e. The highest BCUT2D eigenvalue weighted by atomic mass is 19.4. The van der Waals surface area contributed by atoms with E-state index in [-0.39, 0.29) is 48.2 Å². The Morgan fingerprint density at radius 1 is 1.06 bits per heavy atom. The van der Waals surface area contributed by atoms with Gasteiger partial charge in [0, 0.05) is 18.6 Å². The molecule has 0 saturated heterocycles. The first-order valence-corrected chi connectivity index (χ1v) is 10.9. The summed E-state index contributed by atoms with van der Waals surface area (Å²) >= 11 is 0. The molecule has 0 unspecified atom stereocenters. The van der Waals surface area contributed by atoms with Gasteiger partial charge >= 0.3 is 6.18 Å². The molecule has 0 fully saturated rings. The normalized spacial score (nSPS) is 13.7. The number of oxazole rings is 1. The van der Waals surface area contributed by atoms with Crippen LogP contribution < -0.4 is 5.32 Å². The van der Waals surface area contributed by atoms with Gasteiger partial charge in [0.15, 0.2) is 5.69 Å². The number of carbonyl (C=O) groups excluding carboxylic acids is 1. The quantitative estimate of drug-likeness (QED) is 0.427. The first kappa shape index (κ1) is 24.5. The van der Waals surface area contributed by atoms with E-state index in [0.717, 1.165) is 18.1 Å². The molecule has 0 aliphatic heterocycles. The molecule has 33 heavy (non-hydrogen) atoms. The maximum absolute atomic E-state index is 13.6. The van der Waals surface area contributed by atoms with Crippen molar-refractivity contribution in [3.63, 3.8) is 0 Å². The second-order valence-electron chi connectivity index (χ2n) is 8.06. The molecule has 0 aliphatic carbocycles. The molecule has 0 radical (unpaired) electrons. The van der Waals surface area contributed by atoms with Crippen LogP contribution >= 0.6 is 0 Å². The Labute approximate surface area is 191 Å². The predicted octanol–water partition coefficient (Wildman–Crippen LogP) is 5.99. The molecule has 2 aromatic carbocycles. The van der Waals surface area contributed by atoms with E-state index in [2.05, 4.69) is 10.3 Å². The van der Waals surface area contributed by atoms with E-state index in [0.29, 0.717) is 0 Å². The van der Waals surface area contributed by atoms with E-state index in [1.54, 1.807) is 6.07 Å². The molecule has 0 bridgehead atoms. The van der Waals surface area contributed by atoms with Crippen LogP contribution in [0.15, 0.2) is 65.3 Å². The second-order valence-corrected chi connectivity index (χ2v) is 8.06. The molecule has 176 valence electrons. The number of benzene rings is 2. The summed E-state index contributed by atoms with van der Waals surface area (Å²) in [5.41, 5.74) is 0.585. The lowest BCUT2D eigenvalue weighted by molar-refractivity contribution is -0.138. The van der Waals surface area contributed by atoms with Crippen molar-refractivity contribution in [2.75, 3.05) is 0 Å². The summed E-state index contributed by atoms with van der Waals surface area (Å²) in [5.74, 6) is -0.0824. The highest BCUT2D eigenvalue weighted by Gasteiger charge is 2.34. The summed E-state index contributed by atoms with van der Waals surface area (Å²) in [4.78, 5) is 18.5. The van der Waals surface area contributed by atoms with E-state index in [9.17, 15) is 18.0 Å². The predicted molar refractivity (Wildman–Crippen MR) is 119 cm³/mol. The number of halogens is 3.